The van der Waals surface area contributed by atoms with Crippen molar-refractivity contribution in [1.29, 1.82) is 0 Å². The molecule has 0 radical (unpaired) electrons. The fourth-order valence-corrected chi connectivity index (χ4v) is 4.29. The fourth-order valence-electron chi connectivity index (χ4n) is 4.29. The maximum absolute atomic E-state index is 12.4. The van der Waals surface area contributed by atoms with Crippen molar-refractivity contribution in [3.8, 4) is 5.75 Å². The van der Waals surface area contributed by atoms with Crippen LogP contribution in [0.4, 0.5) is 13.2 Å². The summed E-state index contributed by atoms with van der Waals surface area (Å²) in [6.45, 7) is 0.929. The average Bonchev–Trinajstić information content (AvgIpc) is 2.54. The van der Waals surface area contributed by atoms with Gasteiger partial charge in [-0.1, -0.05) is 42.8 Å². The van der Waals surface area contributed by atoms with Crippen molar-refractivity contribution >= 4 is 0 Å². The van der Waals surface area contributed by atoms with E-state index in [0.717, 1.165) is 37.8 Å². The lowest BCUT2D eigenvalue weighted by Gasteiger charge is -2.50. The Morgan fingerprint density at radius 2 is 1.72 bits per heavy atom. The van der Waals surface area contributed by atoms with E-state index in [1.807, 2.05) is 0 Å². The molecule has 25 heavy (non-hydrogen) atoms. The molecule has 0 spiro atoms. The van der Waals surface area contributed by atoms with E-state index in [1.165, 1.54) is 23.3 Å². The quantitative estimate of drug-likeness (QED) is 0.853. The van der Waals surface area contributed by atoms with Gasteiger partial charge in [0.2, 0.25) is 0 Å². The minimum absolute atomic E-state index is 0.0483. The van der Waals surface area contributed by atoms with Crippen LogP contribution in [-0.4, -0.2) is 12.9 Å². The third-order valence-corrected chi connectivity index (χ3v) is 5.57. The van der Waals surface area contributed by atoms with E-state index in [9.17, 15) is 13.2 Å². The maximum Gasteiger partial charge on any atom is 0.573 e. The molecule has 1 fully saturated rings. The summed E-state index contributed by atoms with van der Waals surface area (Å²) in [5, 5.41) is 3.66. The molecule has 1 N–H and O–H groups in total. The van der Waals surface area contributed by atoms with Gasteiger partial charge in [0.15, 0.2) is 0 Å². The van der Waals surface area contributed by atoms with Crippen molar-refractivity contribution in [2.45, 2.75) is 43.5 Å². The summed E-state index contributed by atoms with van der Waals surface area (Å²) < 4.78 is 41.1. The number of fused-ring (bicyclic) bond motifs is 1. The van der Waals surface area contributed by atoms with Crippen LogP contribution in [0, 0.1) is 0 Å². The van der Waals surface area contributed by atoms with Crippen molar-refractivity contribution in [3.63, 3.8) is 0 Å². The van der Waals surface area contributed by atoms with Gasteiger partial charge >= 0.3 is 6.36 Å². The predicted octanol–water partition coefficient (Wildman–Crippen LogP) is 4.89. The lowest BCUT2D eigenvalue weighted by molar-refractivity contribution is -0.274. The van der Waals surface area contributed by atoms with Crippen LogP contribution in [0.5, 0.6) is 5.75 Å². The van der Waals surface area contributed by atoms with Gasteiger partial charge in [-0.15, -0.1) is 13.2 Å². The van der Waals surface area contributed by atoms with E-state index in [1.54, 1.807) is 12.1 Å². The van der Waals surface area contributed by atoms with Gasteiger partial charge in [-0.3, -0.25) is 0 Å². The molecular weight excluding hydrogens is 327 g/mol. The van der Waals surface area contributed by atoms with Gasteiger partial charge in [0.1, 0.15) is 5.75 Å². The zero-order valence-corrected chi connectivity index (χ0v) is 13.8. The van der Waals surface area contributed by atoms with Crippen molar-refractivity contribution in [3.05, 3.63) is 65.2 Å². The van der Waals surface area contributed by atoms with Crippen LogP contribution in [0.2, 0.25) is 0 Å². The number of ether oxygens (including phenoxy) is 1. The molecule has 1 saturated carbocycles. The molecule has 0 bridgehead atoms. The smallest absolute Gasteiger partial charge is 0.406 e. The molecule has 1 aliphatic carbocycles. The predicted molar refractivity (Wildman–Crippen MR) is 89.5 cm³/mol. The van der Waals surface area contributed by atoms with Crippen molar-refractivity contribution < 1.29 is 17.9 Å². The molecule has 2 aliphatic rings. The summed E-state index contributed by atoms with van der Waals surface area (Å²) in [4.78, 5) is 0. The van der Waals surface area contributed by atoms with Gasteiger partial charge < -0.3 is 10.1 Å². The minimum Gasteiger partial charge on any atom is -0.406 e. The summed E-state index contributed by atoms with van der Waals surface area (Å²) >= 11 is 0. The number of halogens is 3. The molecule has 1 aliphatic heterocycles. The van der Waals surface area contributed by atoms with E-state index >= 15 is 0 Å². The number of rotatable bonds is 3. The molecule has 0 amide bonds. The van der Waals surface area contributed by atoms with Gasteiger partial charge in [-0.25, -0.2) is 0 Å². The van der Waals surface area contributed by atoms with Crippen LogP contribution in [0.15, 0.2) is 48.5 Å². The maximum atomic E-state index is 12.4. The number of nitrogens with one attached hydrogen (secondary N) is 1. The first-order valence-corrected chi connectivity index (χ1v) is 8.65. The van der Waals surface area contributed by atoms with E-state index in [2.05, 4.69) is 34.3 Å². The van der Waals surface area contributed by atoms with E-state index in [4.69, 9.17) is 0 Å². The SMILES string of the molecule is FC(F)(F)Oc1ccc(C2(C3NCCc4ccccc43)CCC2)cc1. The first-order chi connectivity index (χ1) is 12.0. The van der Waals surface area contributed by atoms with Crippen LogP contribution in [0.25, 0.3) is 0 Å². The molecule has 4 rings (SSSR count). The highest BCUT2D eigenvalue weighted by Gasteiger charge is 2.47. The van der Waals surface area contributed by atoms with Gasteiger partial charge in [0.05, 0.1) is 0 Å². The Kier molecular flexibility index (Phi) is 3.99. The van der Waals surface area contributed by atoms with Crippen LogP contribution in [0.3, 0.4) is 0 Å². The summed E-state index contributed by atoms with van der Waals surface area (Å²) in [7, 11) is 0. The molecule has 1 unspecified atom stereocenters. The first kappa shape index (κ1) is 16.5. The highest BCUT2D eigenvalue weighted by molar-refractivity contribution is 5.42. The second kappa shape index (κ2) is 6.06. The third kappa shape index (κ3) is 3.01. The topological polar surface area (TPSA) is 21.3 Å². The van der Waals surface area contributed by atoms with Crippen molar-refractivity contribution in [2.24, 2.45) is 0 Å². The third-order valence-electron chi connectivity index (χ3n) is 5.57. The van der Waals surface area contributed by atoms with Crippen molar-refractivity contribution in [1.82, 2.24) is 5.32 Å². The molecule has 5 heteroatoms. The van der Waals surface area contributed by atoms with Crippen LogP contribution < -0.4 is 10.1 Å². The minimum atomic E-state index is -4.65. The second-order valence-corrected chi connectivity index (χ2v) is 6.92. The molecule has 1 atom stereocenters. The van der Waals surface area contributed by atoms with Crippen LogP contribution in [0.1, 0.15) is 42.0 Å². The van der Waals surface area contributed by atoms with E-state index in [0.29, 0.717) is 0 Å². The normalized spacial score (nSPS) is 22.0. The zero-order chi connectivity index (χ0) is 17.5. The Morgan fingerprint density at radius 3 is 2.36 bits per heavy atom. The number of hydrogen-bond donors (Lipinski definition) is 1. The van der Waals surface area contributed by atoms with Gasteiger partial charge in [0.25, 0.3) is 0 Å². The monoisotopic (exact) mass is 347 g/mol. The van der Waals surface area contributed by atoms with Crippen LogP contribution >= 0.6 is 0 Å². The van der Waals surface area contributed by atoms with E-state index in [-0.39, 0.29) is 17.2 Å². The Labute approximate surface area is 145 Å². The standard InChI is InChI=1S/C20H20F3NO/c21-20(22,23)25-16-8-6-15(7-9-16)19(11-3-12-19)18-17-5-2-1-4-14(17)10-13-24-18/h1-2,4-9,18,24H,3,10-13H2. The highest BCUT2D eigenvalue weighted by atomic mass is 19.4. The van der Waals surface area contributed by atoms with Gasteiger partial charge in [-0.05, 0) is 54.6 Å². The van der Waals surface area contributed by atoms with Gasteiger partial charge in [-0.2, -0.15) is 0 Å². The molecular formula is C20H20F3NO. The number of alkyl halides is 3. The molecule has 0 saturated heterocycles. The number of hydrogen-bond acceptors (Lipinski definition) is 2. The Balaban J connectivity index is 1.66. The summed E-state index contributed by atoms with van der Waals surface area (Å²) in [6, 6.07) is 15.1. The molecule has 2 aromatic carbocycles. The molecule has 132 valence electrons. The number of benzene rings is 2. The first-order valence-electron chi connectivity index (χ1n) is 8.65. The second-order valence-electron chi connectivity index (χ2n) is 6.92. The van der Waals surface area contributed by atoms with Crippen LogP contribution in [-0.2, 0) is 11.8 Å². The zero-order valence-electron chi connectivity index (χ0n) is 13.8. The average molecular weight is 347 g/mol. The molecule has 0 aromatic heterocycles. The lowest BCUT2D eigenvalue weighted by Crippen LogP contribution is -2.49. The fraction of sp³-hybridized carbons (Fsp3) is 0.400. The lowest BCUT2D eigenvalue weighted by atomic mass is 9.58. The summed E-state index contributed by atoms with van der Waals surface area (Å²) in [6.07, 6.45) is -0.418. The Hall–Kier alpha value is -2.01. The Bertz CT molecular complexity index is 750. The Morgan fingerprint density at radius 1 is 1.00 bits per heavy atom. The van der Waals surface area contributed by atoms with Gasteiger partial charge in [0, 0.05) is 11.5 Å². The summed E-state index contributed by atoms with van der Waals surface area (Å²) in [5.74, 6) is -0.164. The van der Waals surface area contributed by atoms with Crippen molar-refractivity contribution in [2.75, 3.05) is 6.54 Å². The molecule has 1 heterocycles. The molecule has 2 nitrogen and oxygen atoms in total. The molecule has 2 aromatic rings. The largest absolute Gasteiger partial charge is 0.573 e. The van der Waals surface area contributed by atoms with E-state index < -0.39 is 6.36 Å². The highest BCUT2D eigenvalue weighted by Crippen LogP contribution is 2.53. The summed E-state index contributed by atoms with van der Waals surface area (Å²) in [5.41, 5.74) is 3.73.